The van der Waals surface area contributed by atoms with Gasteiger partial charge >= 0.3 is 0 Å². The fourth-order valence-electron chi connectivity index (χ4n) is 2.14. The average Bonchev–Trinajstić information content (AvgIpc) is 3.08. The third kappa shape index (κ3) is 4.56. The molecule has 8 nitrogen and oxygen atoms in total. The Morgan fingerprint density at radius 1 is 1.38 bits per heavy atom. The molecule has 0 saturated heterocycles. The summed E-state index contributed by atoms with van der Waals surface area (Å²) in [4.78, 5) is 6.34. The number of hydrogen-bond acceptors (Lipinski definition) is 5. The molecule has 2 rings (SSSR count). The zero-order chi connectivity index (χ0) is 17.6. The molecule has 0 saturated carbocycles. The molecule has 1 aromatic heterocycles. The predicted octanol–water partition coefficient (Wildman–Crippen LogP) is 0.790. The number of nitrogens with zero attached hydrogens (tertiary/aromatic N) is 3. The summed E-state index contributed by atoms with van der Waals surface area (Å²) in [6, 6.07) is 8.54. The van der Waals surface area contributed by atoms with Crippen LogP contribution in [0, 0.1) is 0 Å². The summed E-state index contributed by atoms with van der Waals surface area (Å²) in [7, 11) is 1.50. The van der Waals surface area contributed by atoms with Gasteiger partial charge in [0.15, 0.2) is 5.96 Å². The first-order valence-corrected chi connectivity index (χ1v) is 8.78. The van der Waals surface area contributed by atoms with Crippen LogP contribution in [0.2, 0.25) is 0 Å². The van der Waals surface area contributed by atoms with Gasteiger partial charge in [-0.1, -0.05) is 17.3 Å². The third-order valence-electron chi connectivity index (χ3n) is 3.39. The molecule has 0 aliphatic rings. The van der Waals surface area contributed by atoms with E-state index in [2.05, 4.69) is 20.2 Å². The van der Waals surface area contributed by atoms with Gasteiger partial charge < -0.3 is 14.7 Å². The molecule has 2 aromatic rings. The van der Waals surface area contributed by atoms with Crippen molar-refractivity contribution < 1.29 is 12.9 Å². The molecule has 130 valence electrons. The van der Waals surface area contributed by atoms with Crippen molar-refractivity contribution in [3.05, 3.63) is 47.9 Å². The first-order chi connectivity index (χ1) is 11.5. The van der Waals surface area contributed by atoms with Gasteiger partial charge in [0.25, 0.3) is 0 Å². The standard InChI is InChI=1S/C15H21N5O3S/c1-16-15(20(3)11-13-7-8-23-19-13)18-10-12-5-4-6-14(9-12)24(21,22)17-2/h4-9,17H,10-11H2,1-3H3,(H,16,18). The van der Waals surface area contributed by atoms with Gasteiger partial charge in [0.1, 0.15) is 12.0 Å². The van der Waals surface area contributed by atoms with Crippen molar-refractivity contribution in [2.75, 3.05) is 21.1 Å². The number of hydrogen-bond donors (Lipinski definition) is 2. The Bertz CT molecular complexity index is 787. The highest BCUT2D eigenvalue weighted by Gasteiger charge is 2.12. The van der Waals surface area contributed by atoms with Crippen LogP contribution in [0.1, 0.15) is 11.3 Å². The average molecular weight is 351 g/mol. The van der Waals surface area contributed by atoms with Crippen molar-refractivity contribution in [2.24, 2.45) is 4.99 Å². The van der Waals surface area contributed by atoms with E-state index in [0.29, 0.717) is 19.0 Å². The quantitative estimate of drug-likeness (QED) is 0.590. The zero-order valence-corrected chi connectivity index (χ0v) is 14.7. The van der Waals surface area contributed by atoms with E-state index in [9.17, 15) is 8.42 Å². The van der Waals surface area contributed by atoms with Crippen LogP contribution in [-0.4, -0.2) is 45.6 Å². The van der Waals surface area contributed by atoms with Crippen LogP contribution in [0.4, 0.5) is 0 Å². The van der Waals surface area contributed by atoms with Crippen LogP contribution in [0.3, 0.4) is 0 Å². The maximum atomic E-state index is 11.9. The number of sulfonamides is 1. The van der Waals surface area contributed by atoms with E-state index in [1.165, 1.54) is 13.3 Å². The fourth-order valence-corrected chi connectivity index (χ4v) is 2.94. The Balaban J connectivity index is 2.02. The lowest BCUT2D eigenvalue weighted by Crippen LogP contribution is -2.38. The normalized spacial score (nSPS) is 12.2. The molecule has 1 heterocycles. The second-order valence-electron chi connectivity index (χ2n) is 5.10. The second-order valence-corrected chi connectivity index (χ2v) is 6.99. The zero-order valence-electron chi connectivity index (χ0n) is 13.9. The second kappa shape index (κ2) is 7.93. The maximum absolute atomic E-state index is 11.9. The number of benzene rings is 1. The lowest BCUT2D eigenvalue weighted by Gasteiger charge is -2.21. The van der Waals surface area contributed by atoms with E-state index in [4.69, 9.17) is 4.52 Å². The van der Waals surface area contributed by atoms with Crippen LogP contribution in [0.15, 0.2) is 51.0 Å². The van der Waals surface area contributed by atoms with Crippen molar-refractivity contribution >= 4 is 16.0 Å². The molecule has 24 heavy (non-hydrogen) atoms. The molecular weight excluding hydrogens is 330 g/mol. The Hall–Kier alpha value is -2.39. The van der Waals surface area contributed by atoms with E-state index in [0.717, 1.165) is 11.3 Å². The van der Waals surface area contributed by atoms with Crippen molar-refractivity contribution in [3.8, 4) is 0 Å². The highest BCUT2D eigenvalue weighted by atomic mass is 32.2. The first-order valence-electron chi connectivity index (χ1n) is 7.30. The number of aromatic nitrogens is 1. The lowest BCUT2D eigenvalue weighted by atomic mass is 10.2. The molecule has 0 aliphatic carbocycles. The monoisotopic (exact) mass is 351 g/mol. The molecule has 0 fully saturated rings. The van der Waals surface area contributed by atoms with Gasteiger partial charge in [0.05, 0.1) is 11.4 Å². The summed E-state index contributed by atoms with van der Waals surface area (Å²) in [5.41, 5.74) is 1.63. The van der Waals surface area contributed by atoms with Crippen LogP contribution >= 0.6 is 0 Å². The summed E-state index contributed by atoms with van der Waals surface area (Å²) in [6.45, 7) is 0.993. The molecule has 2 N–H and O–H groups in total. The van der Waals surface area contributed by atoms with Gasteiger partial charge in [0, 0.05) is 26.7 Å². The topological polar surface area (TPSA) is 99.8 Å². The first kappa shape index (κ1) is 18.0. The van der Waals surface area contributed by atoms with Crippen LogP contribution in [0.25, 0.3) is 0 Å². The molecule has 0 unspecified atom stereocenters. The molecular formula is C15H21N5O3S. The van der Waals surface area contributed by atoms with Gasteiger partial charge in [-0.3, -0.25) is 4.99 Å². The van der Waals surface area contributed by atoms with Gasteiger partial charge in [-0.15, -0.1) is 0 Å². The minimum atomic E-state index is -3.45. The molecule has 0 bridgehead atoms. The molecule has 0 radical (unpaired) electrons. The fraction of sp³-hybridized carbons (Fsp3) is 0.333. The Morgan fingerprint density at radius 3 is 2.79 bits per heavy atom. The summed E-state index contributed by atoms with van der Waals surface area (Å²) < 4.78 is 30.8. The maximum Gasteiger partial charge on any atom is 0.240 e. The summed E-state index contributed by atoms with van der Waals surface area (Å²) in [5, 5.41) is 7.06. The Labute approximate surface area is 141 Å². The lowest BCUT2D eigenvalue weighted by molar-refractivity contribution is 0.391. The molecule has 0 atom stereocenters. The molecule has 9 heteroatoms. The van der Waals surface area contributed by atoms with E-state index in [1.54, 1.807) is 31.3 Å². The smallest absolute Gasteiger partial charge is 0.240 e. The van der Waals surface area contributed by atoms with Gasteiger partial charge in [0.2, 0.25) is 10.0 Å². The Morgan fingerprint density at radius 2 is 2.17 bits per heavy atom. The van der Waals surface area contributed by atoms with E-state index < -0.39 is 10.0 Å². The summed E-state index contributed by atoms with van der Waals surface area (Å²) in [6.07, 6.45) is 1.52. The minimum absolute atomic E-state index is 0.232. The van der Waals surface area contributed by atoms with Crippen LogP contribution in [0.5, 0.6) is 0 Å². The number of aliphatic imine (C=N–C) groups is 1. The van der Waals surface area contributed by atoms with Crippen molar-refractivity contribution in [3.63, 3.8) is 0 Å². The number of rotatable bonds is 6. The molecule has 0 amide bonds. The molecule has 0 spiro atoms. The number of nitrogens with one attached hydrogen (secondary N) is 2. The van der Waals surface area contributed by atoms with Crippen molar-refractivity contribution in [1.82, 2.24) is 20.1 Å². The molecule has 0 aliphatic heterocycles. The minimum Gasteiger partial charge on any atom is -0.364 e. The van der Waals surface area contributed by atoms with Gasteiger partial charge in [-0.2, -0.15) is 0 Å². The highest BCUT2D eigenvalue weighted by molar-refractivity contribution is 7.89. The number of guanidine groups is 1. The van der Waals surface area contributed by atoms with Crippen molar-refractivity contribution in [1.29, 1.82) is 0 Å². The summed E-state index contributed by atoms with van der Waals surface area (Å²) >= 11 is 0. The van der Waals surface area contributed by atoms with E-state index >= 15 is 0 Å². The molecule has 1 aromatic carbocycles. The van der Waals surface area contributed by atoms with Crippen LogP contribution in [-0.2, 0) is 23.1 Å². The van der Waals surface area contributed by atoms with E-state index in [1.807, 2.05) is 18.0 Å². The van der Waals surface area contributed by atoms with E-state index in [-0.39, 0.29) is 4.90 Å². The summed E-state index contributed by atoms with van der Waals surface area (Å²) in [5.74, 6) is 0.667. The van der Waals surface area contributed by atoms with Crippen LogP contribution < -0.4 is 10.0 Å². The van der Waals surface area contributed by atoms with Crippen molar-refractivity contribution in [2.45, 2.75) is 18.0 Å². The van der Waals surface area contributed by atoms with Gasteiger partial charge in [-0.05, 0) is 24.7 Å². The highest BCUT2D eigenvalue weighted by Crippen LogP contribution is 2.11. The largest absolute Gasteiger partial charge is 0.364 e. The SMILES string of the molecule is CN=C(NCc1cccc(S(=O)(=O)NC)c1)N(C)Cc1ccon1. The van der Waals surface area contributed by atoms with Gasteiger partial charge in [-0.25, -0.2) is 13.1 Å². The Kier molecular flexibility index (Phi) is 5.93. The third-order valence-corrected chi connectivity index (χ3v) is 4.80. The predicted molar refractivity (Wildman–Crippen MR) is 90.9 cm³/mol.